The number of hydrogen-bond acceptors (Lipinski definition) is 4. The van der Waals surface area contributed by atoms with Gasteiger partial charge in [-0.2, -0.15) is 0 Å². The molecule has 0 aromatic carbocycles. The fraction of sp³-hybridized carbons (Fsp3) is 0.455. The van der Waals surface area contributed by atoms with Crippen molar-refractivity contribution in [3.8, 4) is 0 Å². The Morgan fingerprint density at radius 2 is 2.00 bits per heavy atom. The van der Waals surface area contributed by atoms with Crippen molar-refractivity contribution in [3.05, 3.63) is 17.8 Å². The maximum absolute atomic E-state index is 11.3. The standard InChI is InChI=1S/C11H18N4O/c1-8(16)15(4)10-5-6-11(12)13-9(10)7-14(2)3/h5-6H,7H2,1-4H3,(H2,12,13). The Bertz CT molecular complexity index is 390. The van der Waals surface area contributed by atoms with Crippen LogP contribution in [0, 0.1) is 0 Å². The molecule has 1 rings (SSSR count). The molecule has 1 aromatic heterocycles. The van der Waals surface area contributed by atoms with Crippen LogP contribution in [0.3, 0.4) is 0 Å². The van der Waals surface area contributed by atoms with Crippen molar-refractivity contribution in [1.82, 2.24) is 9.88 Å². The van der Waals surface area contributed by atoms with E-state index in [-0.39, 0.29) is 5.91 Å². The van der Waals surface area contributed by atoms with Gasteiger partial charge in [0.1, 0.15) is 5.82 Å². The molecule has 0 saturated heterocycles. The van der Waals surface area contributed by atoms with Gasteiger partial charge in [-0.1, -0.05) is 0 Å². The van der Waals surface area contributed by atoms with Crippen LogP contribution in [-0.2, 0) is 11.3 Å². The second-order valence-electron chi connectivity index (χ2n) is 4.02. The van der Waals surface area contributed by atoms with Gasteiger partial charge in [0.2, 0.25) is 5.91 Å². The Balaban J connectivity index is 3.11. The normalized spacial score (nSPS) is 10.6. The minimum Gasteiger partial charge on any atom is -0.384 e. The Kier molecular flexibility index (Phi) is 3.84. The van der Waals surface area contributed by atoms with Crippen LogP contribution in [0.5, 0.6) is 0 Å². The zero-order valence-corrected chi connectivity index (χ0v) is 10.2. The first-order valence-corrected chi connectivity index (χ1v) is 5.06. The second kappa shape index (κ2) is 4.94. The SMILES string of the molecule is CC(=O)N(C)c1ccc(N)nc1CN(C)C. The van der Waals surface area contributed by atoms with Gasteiger partial charge in [-0.3, -0.25) is 4.79 Å². The first kappa shape index (κ1) is 12.4. The first-order chi connectivity index (χ1) is 7.41. The predicted octanol–water partition coefficient (Wildman–Crippen LogP) is 0.708. The molecule has 0 atom stereocenters. The van der Waals surface area contributed by atoms with E-state index in [9.17, 15) is 4.79 Å². The smallest absolute Gasteiger partial charge is 0.223 e. The van der Waals surface area contributed by atoms with E-state index in [0.29, 0.717) is 12.4 Å². The average Bonchev–Trinajstić information content (AvgIpc) is 2.15. The monoisotopic (exact) mass is 222 g/mol. The lowest BCUT2D eigenvalue weighted by atomic mass is 10.2. The minimum absolute atomic E-state index is 0.0217. The van der Waals surface area contributed by atoms with Crippen LogP contribution in [0.1, 0.15) is 12.6 Å². The summed E-state index contributed by atoms with van der Waals surface area (Å²) in [5.74, 6) is 0.448. The van der Waals surface area contributed by atoms with E-state index in [1.54, 1.807) is 18.0 Å². The number of carbonyl (C=O) groups is 1. The highest BCUT2D eigenvalue weighted by atomic mass is 16.2. The van der Waals surface area contributed by atoms with Gasteiger partial charge in [-0.05, 0) is 26.2 Å². The van der Waals surface area contributed by atoms with Crippen LogP contribution in [0.2, 0.25) is 0 Å². The lowest BCUT2D eigenvalue weighted by Gasteiger charge is -2.20. The fourth-order valence-electron chi connectivity index (χ4n) is 1.40. The molecule has 88 valence electrons. The number of aromatic nitrogens is 1. The molecule has 0 aliphatic heterocycles. The van der Waals surface area contributed by atoms with Gasteiger partial charge in [0, 0.05) is 20.5 Å². The minimum atomic E-state index is -0.0217. The molecular formula is C11H18N4O. The zero-order chi connectivity index (χ0) is 12.3. The molecule has 0 unspecified atom stereocenters. The van der Waals surface area contributed by atoms with Gasteiger partial charge >= 0.3 is 0 Å². The van der Waals surface area contributed by atoms with Crippen LogP contribution in [0.25, 0.3) is 0 Å². The Morgan fingerprint density at radius 1 is 1.38 bits per heavy atom. The molecule has 0 radical (unpaired) electrons. The van der Waals surface area contributed by atoms with Gasteiger partial charge in [-0.25, -0.2) is 4.98 Å². The zero-order valence-electron chi connectivity index (χ0n) is 10.2. The van der Waals surface area contributed by atoms with E-state index in [1.165, 1.54) is 6.92 Å². The number of carbonyl (C=O) groups excluding carboxylic acids is 1. The highest BCUT2D eigenvalue weighted by Crippen LogP contribution is 2.20. The van der Waals surface area contributed by atoms with Crippen LogP contribution < -0.4 is 10.6 Å². The molecular weight excluding hydrogens is 204 g/mol. The fourth-order valence-corrected chi connectivity index (χ4v) is 1.40. The lowest BCUT2D eigenvalue weighted by molar-refractivity contribution is -0.116. The molecule has 0 saturated carbocycles. The highest BCUT2D eigenvalue weighted by molar-refractivity contribution is 5.91. The Hall–Kier alpha value is -1.62. The van der Waals surface area contributed by atoms with Gasteiger partial charge in [0.15, 0.2) is 0 Å². The van der Waals surface area contributed by atoms with Crippen molar-refractivity contribution in [1.29, 1.82) is 0 Å². The van der Waals surface area contributed by atoms with Crippen molar-refractivity contribution in [2.75, 3.05) is 31.8 Å². The van der Waals surface area contributed by atoms with Crippen LogP contribution in [0.4, 0.5) is 11.5 Å². The predicted molar refractivity (Wildman–Crippen MR) is 65.1 cm³/mol. The van der Waals surface area contributed by atoms with Crippen molar-refractivity contribution < 1.29 is 4.79 Å². The second-order valence-corrected chi connectivity index (χ2v) is 4.02. The molecule has 0 bridgehead atoms. The van der Waals surface area contributed by atoms with Crippen molar-refractivity contribution in [3.63, 3.8) is 0 Å². The van der Waals surface area contributed by atoms with Gasteiger partial charge < -0.3 is 15.5 Å². The maximum Gasteiger partial charge on any atom is 0.223 e. The molecule has 0 aliphatic carbocycles. The summed E-state index contributed by atoms with van der Waals surface area (Å²) in [6.45, 7) is 2.17. The number of hydrogen-bond donors (Lipinski definition) is 1. The highest BCUT2D eigenvalue weighted by Gasteiger charge is 2.12. The van der Waals surface area contributed by atoms with E-state index in [0.717, 1.165) is 11.4 Å². The summed E-state index contributed by atoms with van der Waals surface area (Å²) in [7, 11) is 5.62. The van der Waals surface area contributed by atoms with E-state index >= 15 is 0 Å². The Morgan fingerprint density at radius 3 is 2.50 bits per heavy atom. The van der Waals surface area contributed by atoms with Gasteiger partial charge in [0.05, 0.1) is 11.4 Å². The number of amides is 1. The van der Waals surface area contributed by atoms with Crippen LogP contribution in [-0.4, -0.2) is 36.9 Å². The van der Waals surface area contributed by atoms with Gasteiger partial charge in [-0.15, -0.1) is 0 Å². The topological polar surface area (TPSA) is 62.5 Å². The quantitative estimate of drug-likeness (QED) is 0.818. The number of nitrogen functional groups attached to an aromatic ring is 1. The average molecular weight is 222 g/mol. The third kappa shape index (κ3) is 2.93. The van der Waals surface area contributed by atoms with Crippen molar-refractivity contribution in [2.24, 2.45) is 0 Å². The maximum atomic E-state index is 11.3. The van der Waals surface area contributed by atoms with Gasteiger partial charge in [0.25, 0.3) is 0 Å². The largest absolute Gasteiger partial charge is 0.384 e. The molecule has 0 fully saturated rings. The third-order valence-corrected chi connectivity index (χ3v) is 2.27. The molecule has 1 heterocycles. The summed E-state index contributed by atoms with van der Waals surface area (Å²) in [5, 5.41) is 0. The molecule has 16 heavy (non-hydrogen) atoms. The number of pyridine rings is 1. The lowest BCUT2D eigenvalue weighted by Crippen LogP contribution is -2.26. The summed E-state index contributed by atoms with van der Waals surface area (Å²) < 4.78 is 0. The van der Waals surface area contributed by atoms with Crippen LogP contribution in [0.15, 0.2) is 12.1 Å². The number of anilines is 2. The molecule has 5 heteroatoms. The molecule has 0 aliphatic rings. The first-order valence-electron chi connectivity index (χ1n) is 5.06. The van der Waals surface area contributed by atoms with Crippen molar-refractivity contribution >= 4 is 17.4 Å². The van der Waals surface area contributed by atoms with Crippen molar-refractivity contribution in [2.45, 2.75) is 13.5 Å². The van der Waals surface area contributed by atoms with E-state index in [2.05, 4.69) is 4.98 Å². The number of rotatable bonds is 3. The summed E-state index contributed by atoms with van der Waals surface area (Å²) in [6.07, 6.45) is 0. The third-order valence-electron chi connectivity index (χ3n) is 2.27. The summed E-state index contributed by atoms with van der Waals surface area (Å²) in [6, 6.07) is 3.52. The van der Waals surface area contributed by atoms with E-state index in [4.69, 9.17) is 5.73 Å². The number of nitrogens with two attached hydrogens (primary N) is 1. The summed E-state index contributed by atoms with van der Waals surface area (Å²) >= 11 is 0. The molecule has 0 spiro atoms. The number of nitrogens with zero attached hydrogens (tertiary/aromatic N) is 3. The summed E-state index contributed by atoms with van der Waals surface area (Å²) in [5.41, 5.74) is 7.26. The molecule has 1 aromatic rings. The molecule has 1 amide bonds. The van der Waals surface area contributed by atoms with E-state index in [1.807, 2.05) is 25.1 Å². The van der Waals surface area contributed by atoms with Crippen LogP contribution >= 0.6 is 0 Å². The summed E-state index contributed by atoms with van der Waals surface area (Å²) in [4.78, 5) is 19.1. The Labute approximate surface area is 95.9 Å². The molecule has 2 N–H and O–H groups in total. The van der Waals surface area contributed by atoms with E-state index < -0.39 is 0 Å². The molecule has 5 nitrogen and oxygen atoms in total.